The van der Waals surface area contributed by atoms with E-state index in [-0.39, 0.29) is 24.5 Å². The van der Waals surface area contributed by atoms with Gasteiger partial charge in [-0.3, -0.25) is 0 Å². The molecule has 0 spiro atoms. The molecule has 0 radical (unpaired) electrons. The molecule has 86 valence electrons. The van der Waals surface area contributed by atoms with Crippen molar-refractivity contribution in [2.45, 2.75) is 12.5 Å². The Hall–Kier alpha value is -1.42. The van der Waals surface area contributed by atoms with Crippen molar-refractivity contribution in [1.29, 1.82) is 0 Å². The fourth-order valence-corrected chi connectivity index (χ4v) is 1.99. The number of fused-ring (bicyclic) bond motifs is 1. The lowest BCUT2D eigenvalue weighted by molar-refractivity contribution is 0.177. The predicted molar refractivity (Wildman–Crippen MR) is 60.1 cm³/mol. The zero-order chi connectivity index (χ0) is 10.3. The van der Waals surface area contributed by atoms with E-state index in [0.717, 1.165) is 24.3 Å². The van der Waals surface area contributed by atoms with Crippen molar-refractivity contribution in [2.75, 3.05) is 13.2 Å². The van der Waals surface area contributed by atoms with Gasteiger partial charge in [0, 0.05) is 6.42 Å². The smallest absolute Gasteiger partial charge is 0.407 e. The molecule has 0 saturated carbocycles. The summed E-state index contributed by atoms with van der Waals surface area (Å²) in [6.45, 7) is 1.17. The quantitative estimate of drug-likeness (QED) is 0.816. The van der Waals surface area contributed by atoms with Crippen LogP contribution in [0.1, 0.15) is 17.2 Å². The maximum absolute atomic E-state index is 10.9. The molecule has 0 aromatic heterocycles. The number of nitrogens with one attached hydrogen (secondary N) is 1. The Morgan fingerprint density at radius 1 is 1.31 bits per heavy atom. The van der Waals surface area contributed by atoms with Crippen molar-refractivity contribution in [1.82, 2.24) is 5.32 Å². The summed E-state index contributed by atoms with van der Waals surface area (Å²) in [5.74, 6) is 0.962. The molecule has 2 aliphatic rings. The van der Waals surface area contributed by atoms with Gasteiger partial charge in [-0.05, 0) is 23.3 Å². The normalized spacial score (nSPS) is 21.5. The van der Waals surface area contributed by atoms with Crippen LogP contribution in [0, 0.1) is 0 Å². The van der Waals surface area contributed by atoms with Gasteiger partial charge in [0.15, 0.2) is 0 Å². The van der Waals surface area contributed by atoms with E-state index < -0.39 is 0 Å². The van der Waals surface area contributed by atoms with Crippen molar-refractivity contribution in [3.63, 3.8) is 0 Å². The van der Waals surface area contributed by atoms with Gasteiger partial charge in [0.25, 0.3) is 0 Å². The van der Waals surface area contributed by atoms with Crippen LogP contribution < -0.4 is 10.1 Å². The van der Waals surface area contributed by atoms with Crippen LogP contribution in [0.3, 0.4) is 0 Å². The third kappa shape index (κ3) is 1.80. The third-order valence-electron chi connectivity index (χ3n) is 2.79. The van der Waals surface area contributed by atoms with Crippen molar-refractivity contribution in [2.24, 2.45) is 0 Å². The topological polar surface area (TPSA) is 47.6 Å². The molecule has 5 heteroatoms. The summed E-state index contributed by atoms with van der Waals surface area (Å²) in [5, 5.41) is 2.76. The van der Waals surface area contributed by atoms with Gasteiger partial charge < -0.3 is 14.8 Å². The number of amides is 1. The Morgan fingerprint density at radius 2 is 2.19 bits per heavy atom. The minimum absolute atomic E-state index is 0. The fourth-order valence-electron chi connectivity index (χ4n) is 1.99. The largest absolute Gasteiger partial charge is 0.493 e. The first-order chi connectivity index (χ1) is 7.33. The summed E-state index contributed by atoms with van der Waals surface area (Å²) in [7, 11) is 0. The summed E-state index contributed by atoms with van der Waals surface area (Å²) in [5.41, 5.74) is 2.30. The molecule has 1 N–H and O–H groups in total. The van der Waals surface area contributed by atoms with E-state index >= 15 is 0 Å². The van der Waals surface area contributed by atoms with Crippen molar-refractivity contribution in [3.05, 3.63) is 29.3 Å². The second kappa shape index (κ2) is 4.22. The highest BCUT2D eigenvalue weighted by Gasteiger charge is 2.25. The van der Waals surface area contributed by atoms with Crippen LogP contribution in [0.4, 0.5) is 4.79 Å². The number of ether oxygens (including phenoxy) is 2. The van der Waals surface area contributed by atoms with E-state index in [1.165, 1.54) is 5.56 Å². The van der Waals surface area contributed by atoms with Crippen LogP contribution in [0.5, 0.6) is 5.75 Å². The zero-order valence-electron chi connectivity index (χ0n) is 8.56. The Kier molecular flexibility index (Phi) is 2.92. The van der Waals surface area contributed by atoms with Crippen molar-refractivity contribution < 1.29 is 14.3 Å². The van der Waals surface area contributed by atoms with Gasteiger partial charge in [0.05, 0.1) is 12.6 Å². The van der Waals surface area contributed by atoms with Gasteiger partial charge in [0.2, 0.25) is 0 Å². The molecule has 1 atom stereocenters. The highest BCUT2D eigenvalue weighted by atomic mass is 35.5. The first-order valence-corrected chi connectivity index (χ1v) is 5.02. The standard InChI is InChI=1S/C11H11NO3.ClH/c13-11-12-9(6-15-11)7-1-2-10-8(5-7)3-4-14-10;/h1-2,5,9H,3-4,6H2,(H,12,13);1H/t9-;/m1./s1. The van der Waals surface area contributed by atoms with Crippen LogP contribution >= 0.6 is 12.4 Å². The lowest BCUT2D eigenvalue weighted by atomic mass is 10.0. The highest BCUT2D eigenvalue weighted by molar-refractivity contribution is 5.85. The summed E-state index contributed by atoms with van der Waals surface area (Å²) >= 11 is 0. The van der Waals surface area contributed by atoms with Crippen LogP contribution in [0.15, 0.2) is 18.2 Å². The van der Waals surface area contributed by atoms with Gasteiger partial charge in [0.1, 0.15) is 12.4 Å². The summed E-state index contributed by atoms with van der Waals surface area (Å²) in [4.78, 5) is 10.9. The molecule has 1 aromatic rings. The zero-order valence-corrected chi connectivity index (χ0v) is 9.38. The number of cyclic esters (lactones) is 1. The summed E-state index contributed by atoms with van der Waals surface area (Å²) < 4.78 is 10.3. The monoisotopic (exact) mass is 241 g/mol. The lowest BCUT2D eigenvalue weighted by Gasteiger charge is -2.08. The maximum Gasteiger partial charge on any atom is 0.407 e. The molecule has 2 heterocycles. The average molecular weight is 242 g/mol. The number of rotatable bonds is 1. The number of alkyl carbamates (subject to hydrolysis) is 1. The molecule has 16 heavy (non-hydrogen) atoms. The van der Waals surface area contributed by atoms with Gasteiger partial charge >= 0.3 is 6.09 Å². The molecule has 0 unspecified atom stereocenters. The SMILES string of the molecule is Cl.O=C1N[C@@H](c2ccc3c(c2)CCO3)CO1. The van der Waals surface area contributed by atoms with E-state index in [1.807, 2.05) is 12.1 Å². The number of carbonyl (C=O) groups excluding carboxylic acids is 1. The number of hydrogen-bond donors (Lipinski definition) is 1. The average Bonchev–Trinajstić information content (AvgIpc) is 2.84. The molecule has 3 rings (SSSR count). The second-order valence-electron chi connectivity index (χ2n) is 3.76. The number of carbonyl (C=O) groups is 1. The summed E-state index contributed by atoms with van der Waals surface area (Å²) in [6.07, 6.45) is 0.613. The third-order valence-corrected chi connectivity index (χ3v) is 2.79. The fraction of sp³-hybridized carbons (Fsp3) is 0.364. The van der Waals surface area contributed by atoms with Gasteiger partial charge in [-0.2, -0.15) is 0 Å². The van der Waals surface area contributed by atoms with Gasteiger partial charge in [-0.15, -0.1) is 12.4 Å². The Labute approximate surface area is 99.3 Å². The van der Waals surface area contributed by atoms with Gasteiger partial charge in [-0.1, -0.05) is 6.07 Å². The molecule has 1 amide bonds. The Balaban J connectivity index is 0.000000963. The molecular formula is C11H12ClNO3. The summed E-state index contributed by atoms with van der Waals surface area (Å²) in [6, 6.07) is 6.01. The first-order valence-electron chi connectivity index (χ1n) is 5.02. The Morgan fingerprint density at radius 3 is 2.94 bits per heavy atom. The maximum atomic E-state index is 10.9. The van der Waals surface area contributed by atoms with Crippen LogP contribution in [-0.4, -0.2) is 19.3 Å². The molecule has 1 saturated heterocycles. The lowest BCUT2D eigenvalue weighted by Crippen LogP contribution is -2.18. The predicted octanol–water partition coefficient (Wildman–Crippen LogP) is 1.82. The van der Waals surface area contributed by atoms with Crippen molar-refractivity contribution >= 4 is 18.5 Å². The van der Waals surface area contributed by atoms with E-state index in [4.69, 9.17) is 9.47 Å². The van der Waals surface area contributed by atoms with E-state index in [9.17, 15) is 4.79 Å². The van der Waals surface area contributed by atoms with Crippen LogP contribution in [0.2, 0.25) is 0 Å². The van der Waals surface area contributed by atoms with Crippen molar-refractivity contribution in [3.8, 4) is 5.75 Å². The van der Waals surface area contributed by atoms with E-state index in [1.54, 1.807) is 0 Å². The molecule has 1 fully saturated rings. The van der Waals surface area contributed by atoms with Gasteiger partial charge in [-0.25, -0.2) is 4.79 Å². The molecule has 2 aliphatic heterocycles. The molecule has 0 bridgehead atoms. The molecule has 4 nitrogen and oxygen atoms in total. The molecule has 1 aromatic carbocycles. The van der Waals surface area contributed by atoms with Crippen LogP contribution in [-0.2, 0) is 11.2 Å². The highest BCUT2D eigenvalue weighted by Crippen LogP contribution is 2.29. The van der Waals surface area contributed by atoms with E-state index in [2.05, 4.69) is 11.4 Å². The molecule has 0 aliphatic carbocycles. The second-order valence-corrected chi connectivity index (χ2v) is 3.76. The first kappa shape index (κ1) is 11.1. The minimum Gasteiger partial charge on any atom is -0.493 e. The number of halogens is 1. The van der Waals surface area contributed by atoms with E-state index in [0.29, 0.717) is 6.61 Å². The number of hydrogen-bond acceptors (Lipinski definition) is 3. The number of benzene rings is 1. The van der Waals surface area contributed by atoms with Crippen LogP contribution in [0.25, 0.3) is 0 Å². The minimum atomic E-state index is -0.336. The Bertz CT molecular complexity index is 422. The molecular weight excluding hydrogens is 230 g/mol.